The van der Waals surface area contributed by atoms with Crippen LogP contribution in [0, 0.1) is 23.6 Å². The molecule has 0 saturated heterocycles. The zero-order chi connectivity index (χ0) is 44.9. The fourth-order valence-corrected chi connectivity index (χ4v) is 9.59. The molecule has 6 unspecified atom stereocenters. The molecule has 1 fully saturated rings. The zero-order valence-electron chi connectivity index (χ0n) is 36.3. The summed E-state index contributed by atoms with van der Waals surface area (Å²) in [5.41, 5.74) is 4.73. The number of oxime groups is 1. The first-order chi connectivity index (χ1) is 31.3. The fraction of sp³-hybridized carbons (Fsp3) is 0.392. The van der Waals surface area contributed by atoms with Crippen LogP contribution < -0.4 is 14.8 Å². The molecular weight excluding hydrogens is 818 g/mol. The molecule has 7 rings (SSSR count). The van der Waals surface area contributed by atoms with Gasteiger partial charge in [0, 0.05) is 44.2 Å². The Bertz CT molecular complexity index is 2240. The first-order valence-corrected chi connectivity index (χ1v) is 22.1. The quantitative estimate of drug-likeness (QED) is 0.0449. The highest BCUT2D eigenvalue weighted by Gasteiger charge is 2.65. The van der Waals surface area contributed by atoms with E-state index >= 15 is 0 Å². The van der Waals surface area contributed by atoms with Gasteiger partial charge in [-0.2, -0.15) is 0 Å². The monoisotopic (exact) mass is 875 g/mol. The number of fused-ring (bicyclic) bond motifs is 2. The van der Waals surface area contributed by atoms with Crippen molar-refractivity contribution >= 4 is 17.9 Å². The molecular formula is C51H58FN3O9. The summed E-state index contributed by atoms with van der Waals surface area (Å²) in [7, 11) is 1.32. The molecule has 0 aromatic heterocycles. The van der Waals surface area contributed by atoms with Crippen LogP contribution in [0.15, 0.2) is 133 Å². The number of ether oxygens (including phenoxy) is 4. The van der Waals surface area contributed by atoms with E-state index in [2.05, 4.69) is 18.0 Å². The number of nitrogens with one attached hydrogen (secondary N) is 1. The van der Waals surface area contributed by atoms with E-state index < -0.39 is 35.8 Å². The average molecular weight is 876 g/mol. The second-order valence-electron chi connectivity index (χ2n) is 16.5. The Hall–Kier alpha value is -6.02. The van der Waals surface area contributed by atoms with E-state index in [4.69, 9.17) is 28.9 Å². The third-order valence-electron chi connectivity index (χ3n) is 12.4. The molecule has 4 aromatic carbocycles. The van der Waals surface area contributed by atoms with Crippen LogP contribution >= 0.6 is 0 Å². The van der Waals surface area contributed by atoms with Crippen LogP contribution in [0.4, 0.5) is 14.0 Å². The molecule has 3 N–H and O–H groups in total. The van der Waals surface area contributed by atoms with E-state index in [0.29, 0.717) is 42.0 Å². The van der Waals surface area contributed by atoms with Gasteiger partial charge in [-0.05, 0) is 90.1 Å². The van der Waals surface area contributed by atoms with Crippen LogP contribution in [0.5, 0.6) is 11.5 Å². The normalized spacial score (nSPS) is 22.5. The van der Waals surface area contributed by atoms with E-state index in [-0.39, 0.29) is 63.7 Å². The summed E-state index contributed by atoms with van der Waals surface area (Å²) in [6.45, 7) is 4.65. The highest BCUT2D eigenvalue weighted by atomic mass is 19.1. The van der Waals surface area contributed by atoms with Crippen LogP contribution in [0.1, 0.15) is 73.1 Å². The molecule has 1 aliphatic heterocycles. The van der Waals surface area contributed by atoms with Crippen molar-refractivity contribution in [3.05, 3.63) is 156 Å². The molecule has 2 aliphatic carbocycles. The van der Waals surface area contributed by atoms with E-state index in [9.17, 15) is 24.2 Å². The second-order valence-corrected chi connectivity index (χ2v) is 16.5. The van der Waals surface area contributed by atoms with Gasteiger partial charge in [0.1, 0.15) is 30.0 Å². The molecule has 338 valence electrons. The van der Waals surface area contributed by atoms with E-state index in [1.807, 2.05) is 66.7 Å². The summed E-state index contributed by atoms with van der Waals surface area (Å²) < 4.78 is 39.9. The number of unbranched alkanes of at least 4 members (excludes halogenated alkanes) is 2. The van der Waals surface area contributed by atoms with Crippen molar-refractivity contribution < 1.29 is 48.0 Å². The summed E-state index contributed by atoms with van der Waals surface area (Å²) >= 11 is 0. The summed E-state index contributed by atoms with van der Waals surface area (Å²) in [5.74, 6) is -2.24. The topological polar surface area (TPSA) is 148 Å². The lowest BCUT2D eigenvalue weighted by atomic mass is 9.55. The zero-order valence-corrected chi connectivity index (χ0v) is 36.3. The van der Waals surface area contributed by atoms with Crippen molar-refractivity contribution in [3.8, 4) is 11.5 Å². The summed E-state index contributed by atoms with van der Waals surface area (Å²) in [4.78, 5) is 35.2. The molecule has 4 aromatic rings. The number of carbonyl (C=O) groups excluding carboxylic acids is 2. The molecule has 6 atom stereocenters. The molecule has 0 radical (unpaired) electrons. The SMILES string of the molecule is C=CCOC12Oc3ccc(OC(=O)NCc4ccccc4)cc3C3C(CCCCO)C(CCCCO)C=C(C(=NOCc4ccccc4)CC1N(Cc1ccc(F)cc1)C(=O)OC)C32. The standard InChI is InChI=1S/C51H58FN3O9/c1-3-28-61-51-46(55(50(59)60-2)33-36-20-22-39(52)23-21-36)31-44(54-62-34-37-16-8-5-9-17-37)42-29-38(18-10-12-26-56)41(19-11-13-27-57)47(48(42)51)43-30-40(24-25-45(43)64-51)63-49(58)53-32-35-14-6-4-7-15-35/h3-9,14-17,20-25,29-30,38,41,46-48,56-57H,1,10-13,18-19,26-28,31-34H2,2H3,(H,53,58). The number of carbonyl (C=O) groups is 2. The Morgan fingerprint density at radius 3 is 2.31 bits per heavy atom. The number of amides is 2. The molecule has 2 amide bonds. The first-order valence-electron chi connectivity index (χ1n) is 22.1. The van der Waals surface area contributed by atoms with Gasteiger partial charge in [0.05, 0.1) is 25.3 Å². The molecule has 64 heavy (non-hydrogen) atoms. The van der Waals surface area contributed by atoms with Gasteiger partial charge in [-0.15, -0.1) is 6.58 Å². The number of aliphatic hydroxyl groups excluding tert-OH is 2. The number of hydrogen-bond donors (Lipinski definition) is 3. The Morgan fingerprint density at radius 1 is 0.922 bits per heavy atom. The molecule has 3 aliphatic rings. The van der Waals surface area contributed by atoms with Gasteiger partial charge in [-0.1, -0.05) is 103 Å². The van der Waals surface area contributed by atoms with E-state index in [1.54, 1.807) is 35.2 Å². The maximum absolute atomic E-state index is 14.2. The van der Waals surface area contributed by atoms with Crippen molar-refractivity contribution in [1.29, 1.82) is 0 Å². The van der Waals surface area contributed by atoms with Gasteiger partial charge in [0.2, 0.25) is 5.79 Å². The van der Waals surface area contributed by atoms with Crippen molar-refractivity contribution in [2.45, 2.75) is 82.4 Å². The predicted molar refractivity (Wildman–Crippen MR) is 240 cm³/mol. The highest BCUT2D eigenvalue weighted by Crippen LogP contribution is 2.62. The van der Waals surface area contributed by atoms with Gasteiger partial charge in [-0.3, -0.25) is 4.90 Å². The number of halogens is 1. The molecule has 12 nitrogen and oxygen atoms in total. The van der Waals surface area contributed by atoms with Gasteiger partial charge in [0.25, 0.3) is 0 Å². The third kappa shape index (κ3) is 10.7. The molecule has 0 spiro atoms. The Balaban J connectivity index is 1.40. The Labute approximate surface area is 374 Å². The smallest absolute Gasteiger partial charge is 0.412 e. The minimum Gasteiger partial charge on any atom is -0.459 e. The van der Waals surface area contributed by atoms with Crippen LogP contribution in [-0.4, -0.2) is 71.8 Å². The number of methoxy groups -OCH3 is 1. The number of benzene rings is 4. The van der Waals surface area contributed by atoms with Crippen molar-refractivity contribution in [2.75, 3.05) is 26.9 Å². The number of rotatable bonds is 20. The minimum absolute atomic E-state index is 0.0184. The highest BCUT2D eigenvalue weighted by molar-refractivity contribution is 6.03. The fourth-order valence-electron chi connectivity index (χ4n) is 9.59. The minimum atomic E-state index is -1.56. The number of nitrogens with zero attached hydrogens (tertiary/aromatic N) is 2. The van der Waals surface area contributed by atoms with Crippen LogP contribution in [0.25, 0.3) is 0 Å². The van der Waals surface area contributed by atoms with Gasteiger partial charge in [-0.25, -0.2) is 14.0 Å². The number of aliphatic hydroxyl groups is 2. The van der Waals surface area contributed by atoms with E-state index in [0.717, 1.165) is 41.5 Å². The number of hydrogen-bond acceptors (Lipinski definition) is 10. The van der Waals surface area contributed by atoms with Crippen LogP contribution in [0.2, 0.25) is 0 Å². The van der Waals surface area contributed by atoms with Gasteiger partial charge >= 0.3 is 12.2 Å². The first kappa shape index (κ1) is 46.0. The molecule has 13 heteroatoms. The maximum atomic E-state index is 14.2. The molecule has 0 bridgehead atoms. The molecule has 1 heterocycles. The summed E-state index contributed by atoms with van der Waals surface area (Å²) in [6, 6.07) is 29.6. The Morgan fingerprint density at radius 2 is 1.62 bits per heavy atom. The van der Waals surface area contributed by atoms with Crippen LogP contribution in [-0.2, 0) is 34.0 Å². The van der Waals surface area contributed by atoms with Crippen molar-refractivity contribution in [3.63, 3.8) is 0 Å². The lowest BCUT2D eigenvalue weighted by molar-refractivity contribution is -0.256. The van der Waals surface area contributed by atoms with Gasteiger partial charge in [0.15, 0.2) is 0 Å². The van der Waals surface area contributed by atoms with Crippen LogP contribution in [0.3, 0.4) is 0 Å². The Kier molecular flexibility index (Phi) is 15.8. The maximum Gasteiger partial charge on any atom is 0.412 e. The summed E-state index contributed by atoms with van der Waals surface area (Å²) in [6.07, 6.45) is 6.93. The molecule has 1 saturated carbocycles. The number of allylic oxidation sites excluding steroid dienone is 1. The average Bonchev–Trinajstić information content (AvgIpc) is 3.32. The van der Waals surface area contributed by atoms with Gasteiger partial charge < -0.3 is 39.3 Å². The third-order valence-corrected chi connectivity index (χ3v) is 12.4. The van der Waals surface area contributed by atoms with E-state index in [1.165, 1.54) is 19.2 Å². The largest absolute Gasteiger partial charge is 0.459 e. The second kappa shape index (κ2) is 22.1. The lowest BCUT2D eigenvalue weighted by Gasteiger charge is -2.59. The predicted octanol–water partition coefficient (Wildman–Crippen LogP) is 9.22. The van der Waals surface area contributed by atoms with Crippen molar-refractivity contribution in [1.82, 2.24) is 10.2 Å². The van der Waals surface area contributed by atoms with Crippen molar-refractivity contribution in [2.24, 2.45) is 22.9 Å². The summed E-state index contributed by atoms with van der Waals surface area (Å²) in [5, 5.41) is 27.6. The lowest BCUT2D eigenvalue weighted by Crippen LogP contribution is -2.70.